The zero-order valence-electron chi connectivity index (χ0n) is 12.8. The van der Waals surface area contributed by atoms with E-state index in [2.05, 4.69) is 10.1 Å². The monoisotopic (exact) mass is 456 g/mol. The number of nitrogens with zero attached hydrogens (tertiary/aromatic N) is 2. The van der Waals surface area contributed by atoms with E-state index in [1.54, 1.807) is 24.3 Å². The molecule has 0 aliphatic carbocycles. The van der Waals surface area contributed by atoms with Crippen LogP contribution in [-0.2, 0) is 0 Å². The van der Waals surface area contributed by atoms with E-state index in [0.717, 1.165) is 6.42 Å². The average Bonchev–Trinajstić information content (AvgIpc) is 3.06. The number of phenols is 1. The number of ether oxygens (including phenoxy) is 1. The number of benzene rings is 2. The molecule has 2 aromatic carbocycles. The zero-order chi connectivity index (χ0) is 17.1. The first-order valence-electron chi connectivity index (χ1n) is 7.34. The van der Waals surface area contributed by atoms with E-state index >= 15 is 0 Å². The van der Waals surface area contributed by atoms with E-state index in [1.165, 1.54) is 0 Å². The molecule has 0 radical (unpaired) electrons. The molecule has 1 aromatic heterocycles. The SMILES string of the molecule is CCCOc1ccc(-c2nc(-c3cccc(O)c3I)no2)cc1Cl. The molecule has 1 heterocycles. The van der Waals surface area contributed by atoms with Gasteiger partial charge in [0.1, 0.15) is 11.5 Å². The molecule has 0 saturated heterocycles. The Hall–Kier alpha value is -1.80. The van der Waals surface area contributed by atoms with E-state index in [9.17, 15) is 5.11 Å². The maximum Gasteiger partial charge on any atom is 0.258 e. The van der Waals surface area contributed by atoms with Crippen molar-refractivity contribution in [2.45, 2.75) is 13.3 Å². The van der Waals surface area contributed by atoms with Crippen LogP contribution in [0.15, 0.2) is 40.9 Å². The van der Waals surface area contributed by atoms with E-state index in [1.807, 2.05) is 41.6 Å². The largest absolute Gasteiger partial charge is 0.507 e. The van der Waals surface area contributed by atoms with E-state index < -0.39 is 0 Å². The molecule has 124 valence electrons. The Morgan fingerprint density at radius 2 is 2.12 bits per heavy atom. The van der Waals surface area contributed by atoms with Gasteiger partial charge in [0.05, 0.1) is 15.2 Å². The van der Waals surface area contributed by atoms with Crippen molar-refractivity contribution in [2.75, 3.05) is 6.61 Å². The van der Waals surface area contributed by atoms with Crippen LogP contribution in [0.4, 0.5) is 0 Å². The molecule has 0 fully saturated rings. The third kappa shape index (κ3) is 3.49. The lowest BCUT2D eigenvalue weighted by atomic mass is 10.2. The van der Waals surface area contributed by atoms with Crippen LogP contribution in [0.1, 0.15) is 13.3 Å². The van der Waals surface area contributed by atoms with Crippen molar-refractivity contribution < 1.29 is 14.4 Å². The maximum absolute atomic E-state index is 9.80. The second-order valence-corrected chi connectivity index (χ2v) is 6.54. The molecule has 5 nitrogen and oxygen atoms in total. The number of phenolic OH excluding ortho intramolecular Hbond substituents is 1. The minimum Gasteiger partial charge on any atom is -0.507 e. The first-order chi connectivity index (χ1) is 11.6. The highest BCUT2D eigenvalue weighted by Gasteiger charge is 2.15. The van der Waals surface area contributed by atoms with E-state index in [4.69, 9.17) is 20.9 Å². The van der Waals surface area contributed by atoms with Gasteiger partial charge in [-0.3, -0.25) is 0 Å². The van der Waals surface area contributed by atoms with Gasteiger partial charge in [0, 0.05) is 11.1 Å². The minimum atomic E-state index is 0.180. The van der Waals surface area contributed by atoms with Gasteiger partial charge in [-0.1, -0.05) is 29.7 Å². The molecular weight excluding hydrogens is 443 g/mol. The molecule has 0 aliphatic heterocycles. The summed E-state index contributed by atoms with van der Waals surface area (Å²) in [6, 6.07) is 10.5. The second-order valence-electron chi connectivity index (χ2n) is 5.06. The van der Waals surface area contributed by atoms with Gasteiger partial charge < -0.3 is 14.4 Å². The highest BCUT2D eigenvalue weighted by Crippen LogP contribution is 2.33. The molecule has 1 N–H and O–H groups in total. The van der Waals surface area contributed by atoms with Crippen molar-refractivity contribution in [3.63, 3.8) is 0 Å². The topological polar surface area (TPSA) is 68.4 Å². The number of rotatable bonds is 5. The van der Waals surface area contributed by atoms with Crippen LogP contribution >= 0.6 is 34.2 Å². The standard InChI is InChI=1S/C17H14ClIN2O3/c1-2-8-23-14-7-6-10(9-12(14)18)17-20-16(21-24-17)11-4-3-5-13(22)15(11)19/h3-7,9,22H,2,8H2,1H3. The Morgan fingerprint density at radius 3 is 2.88 bits per heavy atom. The predicted molar refractivity (Wildman–Crippen MR) is 100 cm³/mol. The summed E-state index contributed by atoms with van der Waals surface area (Å²) in [5.74, 6) is 1.57. The molecule has 0 spiro atoms. The van der Waals surface area contributed by atoms with Gasteiger partial charge >= 0.3 is 0 Å². The third-order valence-corrected chi connectivity index (χ3v) is 4.71. The van der Waals surface area contributed by atoms with E-state index in [-0.39, 0.29) is 5.75 Å². The van der Waals surface area contributed by atoms with Gasteiger partial charge in [-0.15, -0.1) is 0 Å². The highest BCUT2D eigenvalue weighted by molar-refractivity contribution is 14.1. The quantitative estimate of drug-likeness (QED) is 0.537. The minimum absolute atomic E-state index is 0.180. The number of hydrogen-bond acceptors (Lipinski definition) is 5. The van der Waals surface area contributed by atoms with E-state index in [0.29, 0.717) is 43.8 Å². The molecule has 0 saturated carbocycles. The summed E-state index contributed by atoms with van der Waals surface area (Å²) < 4.78 is 11.6. The highest BCUT2D eigenvalue weighted by atomic mass is 127. The molecule has 24 heavy (non-hydrogen) atoms. The maximum atomic E-state index is 9.80. The van der Waals surface area contributed by atoms with Crippen molar-refractivity contribution in [2.24, 2.45) is 0 Å². The van der Waals surface area contributed by atoms with Gasteiger partial charge in [0.2, 0.25) is 5.82 Å². The molecule has 3 aromatic rings. The fourth-order valence-corrected chi connectivity index (χ4v) is 2.94. The molecule has 0 atom stereocenters. The molecule has 0 amide bonds. The Morgan fingerprint density at radius 1 is 1.29 bits per heavy atom. The Kier molecular flexibility index (Phi) is 5.25. The zero-order valence-corrected chi connectivity index (χ0v) is 15.7. The van der Waals surface area contributed by atoms with Crippen LogP contribution in [0, 0.1) is 3.57 Å². The average molecular weight is 457 g/mol. The number of aromatic nitrogens is 2. The summed E-state index contributed by atoms with van der Waals surface area (Å²) >= 11 is 8.28. The fraction of sp³-hybridized carbons (Fsp3) is 0.176. The summed E-state index contributed by atoms with van der Waals surface area (Å²) in [6.45, 7) is 2.64. The lowest BCUT2D eigenvalue weighted by Gasteiger charge is -2.06. The van der Waals surface area contributed by atoms with Gasteiger partial charge in [-0.05, 0) is 59.3 Å². The van der Waals surface area contributed by atoms with Crippen molar-refractivity contribution in [3.8, 4) is 34.3 Å². The summed E-state index contributed by atoms with van der Waals surface area (Å²) in [5, 5.41) is 14.3. The summed E-state index contributed by atoms with van der Waals surface area (Å²) in [7, 11) is 0. The summed E-state index contributed by atoms with van der Waals surface area (Å²) in [5.41, 5.74) is 1.41. The Balaban J connectivity index is 1.91. The van der Waals surface area contributed by atoms with Crippen LogP contribution < -0.4 is 4.74 Å². The number of hydrogen-bond donors (Lipinski definition) is 1. The lowest BCUT2D eigenvalue weighted by Crippen LogP contribution is -1.95. The van der Waals surface area contributed by atoms with Crippen LogP contribution in [0.5, 0.6) is 11.5 Å². The number of halogens is 2. The molecule has 3 rings (SSSR count). The second kappa shape index (κ2) is 7.40. The van der Waals surface area contributed by atoms with Crippen molar-refractivity contribution in [1.29, 1.82) is 0 Å². The lowest BCUT2D eigenvalue weighted by molar-refractivity contribution is 0.317. The molecule has 0 bridgehead atoms. The van der Waals surface area contributed by atoms with Gasteiger partial charge in [0.25, 0.3) is 5.89 Å². The summed E-state index contributed by atoms with van der Waals surface area (Å²) in [4.78, 5) is 4.39. The Bertz CT molecular complexity index is 867. The first kappa shape index (κ1) is 17.0. The van der Waals surface area contributed by atoms with Crippen LogP contribution in [0.2, 0.25) is 5.02 Å². The van der Waals surface area contributed by atoms with Gasteiger partial charge in [0.15, 0.2) is 0 Å². The molecule has 0 unspecified atom stereocenters. The van der Waals surface area contributed by atoms with Gasteiger partial charge in [-0.2, -0.15) is 4.98 Å². The normalized spacial score (nSPS) is 10.8. The van der Waals surface area contributed by atoms with Crippen molar-refractivity contribution >= 4 is 34.2 Å². The smallest absolute Gasteiger partial charge is 0.258 e. The predicted octanol–water partition coefficient (Wildman–Crippen LogP) is 5.16. The number of aromatic hydroxyl groups is 1. The Labute approximate surface area is 157 Å². The van der Waals surface area contributed by atoms with Crippen molar-refractivity contribution in [3.05, 3.63) is 45.0 Å². The molecule has 0 aliphatic rings. The first-order valence-corrected chi connectivity index (χ1v) is 8.80. The van der Waals surface area contributed by atoms with Crippen molar-refractivity contribution in [1.82, 2.24) is 10.1 Å². The van der Waals surface area contributed by atoms with Gasteiger partial charge in [-0.25, -0.2) is 0 Å². The third-order valence-electron chi connectivity index (χ3n) is 3.29. The van der Waals surface area contributed by atoms with Crippen LogP contribution in [0.25, 0.3) is 22.8 Å². The summed E-state index contributed by atoms with van der Waals surface area (Å²) in [6.07, 6.45) is 0.910. The van der Waals surface area contributed by atoms with Crippen LogP contribution in [-0.4, -0.2) is 21.9 Å². The molecular formula is C17H14ClIN2O3. The fourth-order valence-electron chi connectivity index (χ4n) is 2.11. The van der Waals surface area contributed by atoms with Crippen LogP contribution in [0.3, 0.4) is 0 Å². The molecule has 7 heteroatoms.